The fourth-order valence-electron chi connectivity index (χ4n) is 6.42. The highest BCUT2D eigenvalue weighted by Gasteiger charge is 2.34. The van der Waals surface area contributed by atoms with Crippen molar-refractivity contribution >= 4 is 34.2 Å². The summed E-state index contributed by atoms with van der Waals surface area (Å²) in [6.45, 7) is 6.36. The van der Waals surface area contributed by atoms with Gasteiger partial charge in [-0.15, -0.1) is 12.6 Å². The summed E-state index contributed by atoms with van der Waals surface area (Å²) in [6, 6.07) is 42.1. The fraction of sp³-hybridized carbons (Fsp3) is 0.135. The van der Waals surface area contributed by atoms with Gasteiger partial charge < -0.3 is 5.32 Å². The lowest BCUT2D eigenvalue weighted by Gasteiger charge is -2.22. The maximum Gasteiger partial charge on any atom is 0.0208 e. The minimum Gasteiger partial charge on any atom is -0.309 e. The second kappa shape index (κ2) is 9.41. The predicted octanol–water partition coefficient (Wildman–Crippen LogP) is 9.54. The van der Waals surface area contributed by atoms with Gasteiger partial charge in [0.15, 0.2) is 0 Å². The van der Waals surface area contributed by atoms with Crippen molar-refractivity contribution in [3.8, 4) is 22.3 Å². The number of hydrogen-bond donors (Lipinski definition) is 2. The van der Waals surface area contributed by atoms with E-state index in [9.17, 15) is 0 Å². The molecule has 0 heterocycles. The van der Waals surface area contributed by atoms with Gasteiger partial charge in [-0.2, -0.15) is 0 Å². The molecular weight excluding hydrogens is 490 g/mol. The quantitative estimate of drug-likeness (QED) is 0.170. The molecule has 190 valence electrons. The molecule has 6 aromatic rings. The second-order valence-electron chi connectivity index (χ2n) is 11.2. The first-order valence-electron chi connectivity index (χ1n) is 13.7. The molecule has 1 aliphatic carbocycles. The van der Waals surface area contributed by atoms with E-state index in [1.54, 1.807) is 0 Å². The van der Waals surface area contributed by atoms with Crippen LogP contribution in [0.15, 0.2) is 120 Å². The van der Waals surface area contributed by atoms with E-state index in [4.69, 9.17) is 12.6 Å². The van der Waals surface area contributed by atoms with Crippen LogP contribution >= 0.6 is 12.6 Å². The zero-order valence-electron chi connectivity index (χ0n) is 22.3. The largest absolute Gasteiger partial charge is 0.309 e. The monoisotopic (exact) mass is 521 g/mol. The average Bonchev–Trinajstić information content (AvgIpc) is 3.19. The van der Waals surface area contributed by atoms with E-state index in [1.807, 2.05) is 6.07 Å². The highest BCUT2D eigenvalue weighted by atomic mass is 32.1. The van der Waals surface area contributed by atoms with Crippen molar-refractivity contribution < 1.29 is 0 Å². The summed E-state index contributed by atoms with van der Waals surface area (Å²) < 4.78 is 0. The van der Waals surface area contributed by atoms with E-state index < -0.39 is 0 Å². The normalized spacial score (nSPS) is 13.5. The zero-order chi connectivity index (χ0) is 26.6. The van der Waals surface area contributed by atoms with Crippen LogP contribution in [0.4, 0.5) is 0 Å². The lowest BCUT2D eigenvalue weighted by Crippen LogP contribution is -2.16. The van der Waals surface area contributed by atoms with Gasteiger partial charge in [-0.1, -0.05) is 117 Å². The van der Waals surface area contributed by atoms with Crippen LogP contribution in [-0.4, -0.2) is 0 Å². The Morgan fingerprint density at radius 1 is 0.564 bits per heavy atom. The van der Waals surface area contributed by atoms with Gasteiger partial charge >= 0.3 is 0 Å². The highest BCUT2D eigenvalue weighted by Crippen LogP contribution is 2.48. The molecule has 0 aromatic heterocycles. The second-order valence-corrected chi connectivity index (χ2v) is 11.7. The van der Waals surface area contributed by atoms with E-state index in [0.717, 1.165) is 18.0 Å². The van der Waals surface area contributed by atoms with Gasteiger partial charge in [0.05, 0.1) is 0 Å². The predicted molar refractivity (Wildman–Crippen MR) is 169 cm³/mol. The Morgan fingerprint density at radius 2 is 1.23 bits per heavy atom. The van der Waals surface area contributed by atoms with Crippen LogP contribution in [0, 0.1) is 0 Å². The molecule has 0 saturated heterocycles. The molecule has 1 nitrogen and oxygen atoms in total. The maximum absolute atomic E-state index is 4.75. The van der Waals surface area contributed by atoms with Crippen LogP contribution in [0.3, 0.4) is 0 Å². The smallest absolute Gasteiger partial charge is 0.0208 e. The first-order chi connectivity index (χ1) is 19.0. The van der Waals surface area contributed by atoms with Gasteiger partial charge in [-0.05, 0) is 78.2 Å². The van der Waals surface area contributed by atoms with E-state index in [-0.39, 0.29) is 5.41 Å². The van der Waals surface area contributed by atoms with E-state index in [1.165, 1.54) is 66.1 Å². The standard InChI is InChI=1S/C37H31NS/c1-37(2)33-12-5-3-9-29(33)30-19-15-25(21-34(30)37)23-38-22-24-14-18-28-27(20-24)17-16-26-8-7-11-32(36(26)28)31-10-4-6-13-35(31)39/h3-21,38-39H,22-23H2,1-2H3. The number of benzene rings is 6. The van der Waals surface area contributed by atoms with Gasteiger partial charge in [-0.3, -0.25) is 0 Å². The lowest BCUT2D eigenvalue weighted by atomic mass is 9.82. The molecule has 39 heavy (non-hydrogen) atoms. The van der Waals surface area contributed by atoms with Crippen LogP contribution in [0.5, 0.6) is 0 Å². The lowest BCUT2D eigenvalue weighted by molar-refractivity contribution is 0.654. The zero-order valence-corrected chi connectivity index (χ0v) is 23.2. The van der Waals surface area contributed by atoms with E-state index in [2.05, 4.69) is 128 Å². The Hall–Kier alpha value is -3.85. The van der Waals surface area contributed by atoms with Crippen molar-refractivity contribution in [2.75, 3.05) is 0 Å². The van der Waals surface area contributed by atoms with Crippen LogP contribution in [0.1, 0.15) is 36.1 Å². The number of fused-ring (bicyclic) bond motifs is 6. The minimum absolute atomic E-state index is 0.0371. The molecule has 0 fully saturated rings. The minimum atomic E-state index is 0.0371. The molecule has 1 N–H and O–H groups in total. The van der Waals surface area contributed by atoms with Gasteiger partial charge in [0, 0.05) is 23.4 Å². The summed E-state index contributed by atoms with van der Waals surface area (Å²) in [7, 11) is 0. The topological polar surface area (TPSA) is 12.0 Å². The number of rotatable bonds is 5. The Labute approximate surface area is 235 Å². The molecule has 0 atom stereocenters. The van der Waals surface area contributed by atoms with Crippen molar-refractivity contribution in [3.63, 3.8) is 0 Å². The van der Waals surface area contributed by atoms with Crippen molar-refractivity contribution in [3.05, 3.63) is 138 Å². The summed E-state index contributed by atoms with van der Waals surface area (Å²) in [6.07, 6.45) is 0. The summed E-state index contributed by atoms with van der Waals surface area (Å²) in [5.41, 5.74) is 10.7. The Balaban J connectivity index is 1.15. The third kappa shape index (κ3) is 4.07. The molecule has 0 spiro atoms. The SMILES string of the molecule is CC1(C)c2ccccc2-c2ccc(CNCc3ccc4c(ccc5cccc(-c6ccccc6S)c54)c3)cc21. The van der Waals surface area contributed by atoms with Crippen molar-refractivity contribution in [1.29, 1.82) is 0 Å². The van der Waals surface area contributed by atoms with Crippen LogP contribution in [-0.2, 0) is 18.5 Å². The molecule has 0 amide bonds. The first kappa shape index (κ1) is 24.2. The number of thiol groups is 1. The fourth-order valence-corrected chi connectivity index (χ4v) is 6.70. The molecule has 0 aliphatic heterocycles. The van der Waals surface area contributed by atoms with Gasteiger partial charge in [-0.25, -0.2) is 0 Å². The molecule has 0 bridgehead atoms. The molecule has 1 aliphatic rings. The van der Waals surface area contributed by atoms with Gasteiger partial charge in [0.1, 0.15) is 0 Å². The van der Waals surface area contributed by atoms with Gasteiger partial charge in [0.2, 0.25) is 0 Å². The molecule has 0 radical (unpaired) electrons. The van der Waals surface area contributed by atoms with Crippen molar-refractivity contribution in [1.82, 2.24) is 5.32 Å². The van der Waals surface area contributed by atoms with Crippen LogP contribution in [0.2, 0.25) is 0 Å². The summed E-state index contributed by atoms with van der Waals surface area (Å²) in [4.78, 5) is 1.00. The van der Waals surface area contributed by atoms with Gasteiger partial charge in [0.25, 0.3) is 0 Å². The molecule has 0 unspecified atom stereocenters. The average molecular weight is 522 g/mol. The van der Waals surface area contributed by atoms with E-state index in [0.29, 0.717) is 0 Å². The van der Waals surface area contributed by atoms with Crippen molar-refractivity contribution in [2.45, 2.75) is 37.2 Å². The van der Waals surface area contributed by atoms with E-state index >= 15 is 0 Å². The molecule has 6 aromatic carbocycles. The third-order valence-corrected chi connectivity index (χ3v) is 8.81. The van der Waals surface area contributed by atoms with Crippen molar-refractivity contribution in [2.24, 2.45) is 0 Å². The Kier molecular flexibility index (Phi) is 5.84. The summed E-state index contributed by atoms with van der Waals surface area (Å²) in [5, 5.41) is 8.79. The van der Waals surface area contributed by atoms with Crippen LogP contribution < -0.4 is 5.32 Å². The number of nitrogens with one attached hydrogen (secondary N) is 1. The highest BCUT2D eigenvalue weighted by molar-refractivity contribution is 7.80. The summed E-state index contributed by atoms with van der Waals surface area (Å²) >= 11 is 4.75. The molecular formula is C37H31NS. The Bertz CT molecular complexity index is 1880. The Morgan fingerprint density at radius 3 is 2.08 bits per heavy atom. The number of hydrogen-bond acceptors (Lipinski definition) is 2. The summed E-state index contributed by atoms with van der Waals surface area (Å²) in [5.74, 6) is 0. The third-order valence-electron chi connectivity index (χ3n) is 8.42. The maximum atomic E-state index is 4.75. The molecule has 7 rings (SSSR count). The van der Waals surface area contributed by atoms with Crippen LogP contribution in [0.25, 0.3) is 43.8 Å². The first-order valence-corrected chi connectivity index (χ1v) is 14.1. The molecule has 2 heteroatoms. The molecule has 0 saturated carbocycles.